The van der Waals surface area contributed by atoms with Gasteiger partial charge in [-0.05, 0) is 39.5 Å². The molecule has 110 valence electrons. The number of aromatic nitrogens is 2. The van der Waals surface area contributed by atoms with E-state index >= 15 is 0 Å². The lowest BCUT2D eigenvalue weighted by Crippen LogP contribution is -2.13. The van der Waals surface area contributed by atoms with E-state index in [0.29, 0.717) is 11.4 Å². The number of benzene rings is 1. The van der Waals surface area contributed by atoms with Crippen molar-refractivity contribution < 1.29 is 4.39 Å². The molecule has 0 atom stereocenters. The zero-order valence-corrected chi connectivity index (χ0v) is 13.2. The molecule has 0 aliphatic rings. The number of hydrogen-bond donors (Lipinski definition) is 0. The number of rotatable bonds is 6. The van der Waals surface area contributed by atoms with Crippen molar-refractivity contribution >= 4 is 34.2 Å². The van der Waals surface area contributed by atoms with Crippen LogP contribution in [0.25, 0.3) is 11.0 Å². The first-order valence-electron chi connectivity index (χ1n) is 6.57. The van der Waals surface area contributed by atoms with Crippen molar-refractivity contribution in [3.8, 4) is 0 Å². The largest absolute Gasteiger partial charge is 0.327 e. The average Bonchev–Trinajstić information content (AvgIpc) is 2.72. The van der Waals surface area contributed by atoms with Crippen molar-refractivity contribution in [1.29, 1.82) is 0 Å². The zero-order chi connectivity index (χ0) is 14.7. The van der Waals surface area contributed by atoms with Gasteiger partial charge in [0.05, 0.1) is 21.9 Å². The Bertz CT molecular complexity index is 596. The van der Waals surface area contributed by atoms with Crippen LogP contribution in [0.1, 0.15) is 18.7 Å². The Morgan fingerprint density at radius 1 is 1.30 bits per heavy atom. The van der Waals surface area contributed by atoms with Crippen LogP contribution < -0.4 is 0 Å². The van der Waals surface area contributed by atoms with Crippen molar-refractivity contribution in [3.05, 3.63) is 28.8 Å². The monoisotopic (exact) mass is 317 g/mol. The van der Waals surface area contributed by atoms with Gasteiger partial charge in [-0.1, -0.05) is 11.6 Å². The highest BCUT2D eigenvalue weighted by molar-refractivity contribution is 6.31. The minimum atomic E-state index is -0.447. The third kappa shape index (κ3) is 3.43. The Morgan fingerprint density at radius 3 is 2.70 bits per heavy atom. The molecule has 1 heterocycles. The summed E-state index contributed by atoms with van der Waals surface area (Å²) in [5, 5.41) is 0.119. The molecule has 20 heavy (non-hydrogen) atoms. The van der Waals surface area contributed by atoms with Gasteiger partial charge in [-0.3, -0.25) is 0 Å². The predicted octanol–water partition coefficient (Wildman–Crippen LogP) is 3.91. The molecule has 0 spiro atoms. The van der Waals surface area contributed by atoms with Crippen molar-refractivity contribution in [2.75, 3.05) is 20.6 Å². The number of halogens is 3. The van der Waals surface area contributed by atoms with Gasteiger partial charge in [0.25, 0.3) is 0 Å². The molecule has 2 rings (SSSR count). The third-order valence-electron chi connectivity index (χ3n) is 3.23. The standard InChI is InChI=1S/C14H18Cl2FN3/c1-19(2)5-3-4-6-20-13-7-10(16)11(17)8-12(13)18-14(20)9-15/h7-8H,3-6,9H2,1-2H3. The average molecular weight is 318 g/mol. The van der Waals surface area contributed by atoms with E-state index in [2.05, 4.69) is 24.0 Å². The maximum Gasteiger partial charge on any atom is 0.144 e. The van der Waals surface area contributed by atoms with E-state index in [1.165, 1.54) is 6.07 Å². The number of aryl methyl sites for hydroxylation is 1. The molecule has 3 nitrogen and oxygen atoms in total. The fourth-order valence-corrected chi connectivity index (χ4v) is 2.58. The van der Waals surface area contributed by atoms with Gasteiger partial charge in [0, 0.05) is 12.6 Å². The second-order valence-electron chi connectivity index (χ2n) is 5.08. The predicted molar refractivity (Wildman–Crippen MR) is 82.0 cm³/mol. The second-order valence-corrected chi connectivity index (χ2v) is 5.75. The van der Waals surface area contributed by atoms with Crippen LogP contribution in [0.15, 0.2) is 12.1 Å². The van der Waals surface area contributed by atoms with Crippen LogP contribution in [0.5, 0.6) is 0 Å². The van der Waals surface area contributed by atoms with Crippen LogP contribution in [0.4, 0.5) is 4.39 Å². The van der Waals surface area contributed by atoms with Gasteiger partial charge < -0.3 is 9.47 Å². The van der Waals surface area contributed by atoms with E-state index < -0.39 is 5.82 Å². The normalized spacial score (nSPS) is 11.7. The van der Waals surface area contributed by atoms with Gasteiger partial charge in [-0.25, -0.2) is 9.37 Å². The van der Waals surface area contributed by atoms with E-state index in [0.717, 1.165) is 37.3 Å². The summed E-state index contributed by atoms with van der Waals surface area (Å²) < 4.78 is 15.5. The summed E-state index contributed by atoms with van der Waals surface area (Å²) in [4.78, 5) is 6.52. The Kier molecular flexibility index (Phi) is 5.24. The summed E-state index contributed by atoms with van der Waals surface area (Å²) in [6.45, 7) is 1.85. The Labute approximate surface area is 128 Å². The first-order valence-corrected chi connectivity index (χ1v) is 7.49. The molecule has 0 aliphatic carbocycles. The Morgan fingerprint density at radius 2 is 2.05 bits per heavy atom. The quantitative estimate of drug-likeness (QED) is 0.595. The molecule has 0 saturated carbocycles. The second kappa shape index (κ2) is 6.74. The fraction of sp³-hybridized carbons (Fsp3) is 0.500. The molecule has 0 bridgehead atoms. The molecule has 0 N–H and O–H groups in total. The maximum atomic E-state index is 13.5. The summed E-state index contributed by atoms with van der Waals surface area (Å²) >= 11 is 11.8. The van der Waals surface area contributed by atoms with E-state index in [-0.39, 0.29) is 5.02 Å². The molecule has 0 radical (unpaired) electrons. The molecule has 6 heteroatoms. The summed E-state index contributed by atoms with van der Waals surface area (Å²) in [6, 6.07) is 2.99. The van der Waals surface area contributed by atoms with Crippen molar-refractivity contribution in [2.24, 2.45) is 0 Å². The van der Waals surface area contributed by atoms with E-state index in [4.69, 9.17) is 23.2 Å². The lowest BCUT2D eigenvalue weighted by Gasteiger charge is -2.11. The minimum absolute atomic E-state index is 0.119. The van der Waals surface area contributed by atoms with E-state index in [1.54, 1.807) is 6.07 Å². The van der Waals surface area contributed by atoms with Crippen LogP contribution in [-0.2, 0) is 12.4 Å². The number of imidazole rings is 1. The fourth-order valence-electron chi connectivity index (χ4n) is 2.22. The molecule has 1 aromatic carbocycles. The van der Waals surface area contributed by atoms with Crippen molar-refractivity contribution in [3.63, 3.8) is 0 Å². The van der Waals surface area contributed by atoms with Crippen LogP contribution in [0.2, 0.25) is 5.02 Å². The van der Waals surface area contributed by atoms with E-state index in [9.17, 15) is 4.39 Å². The summed E-state index contributed by atoms with van der Waals surface area (Å²) in [6.07, 6.45) is 2.10. The number of alkyl halides is 1. The smallest absolute Gasteiger partial charge is 0.144 e. The Balaban J connectivity index is 2.23. The first kappa shape index (κ1) is 15.5. The molecule has 1 aromatic heterocycles. The van der Waals surface area contributed by atoms with Gasteiger partial charge in [-0.15, -0.1) is 11.6 Å². The topological polar surface area (TPSA) is 21.1 Å². The summed E-state index contributed by atoms with van der Waals surface area (Å²) in [5.41, 5.74) is 1.45. The van der Waals surface area contributed by atoms with Gasteiger partial charge in [0.15, 0.2) is 0 Å². The zero-order valence-electron chi connectivity index (χ0n) is 11.7. The van der Waals surface area contributed by atoms with E-state index in [1.807, 2.05) is 4.57 Å². The van der Waals surface area contributed by atoms with Crippen LogP contribution in [-0.4, -0.2) is 35.1 Å². The lowest BCUT2D eigenvalue weighted by atomic mass is 10.2. The highest BCUT2D eigenvalue weighted by Crippen LogP contribution is 2.25. The molecule has 0 amide bonds. The SMILES string of the molecule is CN(C)CCCCn1c(CCl)nc2cc(F)c(Cl)cc21. The minimum Gasteiger partial charge on any atom is -0.327 e. The number of hydrogen-bond acceptors (Lipinski definition) is 2. The van der Waals surface area contributed by atoms with Crippen LogP contribution in [0, 0.1) is 5.82 Å². The van der Waals surface area contributed by atoms with Crippen LogP contribution >= 0.6 is 23.2 Å². The summed E-state index contributed by atoms with van der Waals surface area (Å²) in [7, 11) is 4.11. The number of nitrogens with zero attached hydrogens (tertiary/aromatic N) is 3. The van der Waals surface area contributed by atoms with Crippen LogP contribution in [0.3, 0.4) is 0 Å². The number of fused-ring (bicyclic) bond motifs is 1. The molecule has 2 aromatic rings. The third-order valence-corrected chi connectivity index (χ3v) is 3.75. The molecule has 0 saturated heterocycles. The van der Waals surface area contributed by atoms with Gasteiger partial charge in [0.1, 0.15) is 11.6 Å². The first-order chi connectivity index (χ1) is 9.52. The molecular formula is C14H18Cl2FN3. The molecule has 0 fully saturated rings. The molecule has 0 aliphatic heterocycles. The Hall–Kier alpha value is -0.840. The highest BCUT2D eigenvalue weighted by Gasteiger charge is 2.12. The molecular weight excluding hydrogens is 300 g/mol. The van der Waals surface area contributed by atoms with Crippen molar-refractivity contribution in [2.45, 2.75) is 25.3 Å². The maximum absolute atomic E-state index is 13.5. The van der Waals surface area contributed by atoms with Gasteiger partial charge >= 0.3 is 0 Å². The van der Waals surface area contributed by atoms with Gasteiger partial charge in [0.2, 0.25) is 0 Å². The highest BCUT2D eigenvalue weighted by atomic mass is 35.5. The lowest BCUT2D eigenvalue weighted by molar-refractivity contribution is 0.388. The van der Waals surface area contributed by atoms with Gasteiger partial charge in [-0.2, -0.15) is 0 Å². The van der Waals surface area contributed by atoms with Crippen molar-refractivity contribution in [1.82, 2.24) is 14.5 Å². The number of unbranched alkanes of at least 4 members (excludes halogenated alkanes) is 1. The summed E-state index contributed by atoms with van der Waals surface area (Å²) in [5.74, 6) is 0.618. The molecule has 0 unspecified atom stereocenters.